The highest BCUT2D eigenvalue weighted by Gasteiger charge is 2.18. The molecule has 20 heavy (non-hydrogen) atoms. The lowest BCUT2D eigenvalue weighted by Crippen LogP contribution is -2.32. The molecule has 0 fully saturated rings. The van der Waals surface area contributed by atoms with Crippen molar-refractivity contribution in [3.63, 3.8) is 0 Å². The minimum Gasteiger partial charge on any atom is -0.313 e. The predicted octanol–water partition coefficient (Wildman–Crippen LogP) is 2.40. The summed E-state index contributed by atoms with van der Waals surface area (Å²) >= 11 is 0. The molecule has 4 nitrogen and oxygen atoms in total. The van der Waals surface area contributed by atoms with Gasteiger partial charge in [-0.1, -0.05) is 20.3 Å². The highest BCUT2D eigenvalue weighted by atomic mass is 32.2. The molecular weight excluding hydrogens is 279 g/mol. The van der Waals surface area contributed by atoms with Crippen molar-refractivity contribution < 1.29 is 12.8 Å². The van der Waals surface area contributed by atoms with Gasteiger partial charge in [-0.25, -0.2) is 17.5 Å². The van der Waals surface area contributed by atoms with Crippen LogP contribution in [0.4, 0.5) is 4.39 Å². The third-order valence-corrected chi connectivity index (χ3v) is 4.56. The zero-order chi connectivity index (χ0) is 15.2. The molecular formula is C14H23FN2O2S. The van der Waals surface area contributed by atoms with Gasteiger partial charge in [0.1, 0.15) is 5.82 Å². The maximum absolute atomic E-state index is 13.6. The summed E-state index contributed by atoms with van der Waals surface area (Å²) in [6.45, 7) is 6.74. The molecule has 1 unspecified atom stereocenters. The van der Waals surface area contributed by atoms with Crippen LogP contribution in [0.2, 0.25) is 0 Å². The SMILES string of the molecule is CCCC(C)NS(=O)(=O)c1ccc(F)c(CNCC)c1. The first-order valence-electron chi connectivity index (χ1n) is 6.92. The second-order valence-electron chi connectivity index (χ2n) is 4.84. The van der Waals surface area contributed by atoms with Gasteiger partial charge in [-0.2, -0.15) is 0 Å². The molecule has 1 atom stereocenters. The summed E-state index contributed by atoms with van der Waals surface area (Å²) in [5.41, 5.74) is 0.359. The Hall–Kier alpha value is -0.980. The van der Waals surface area contributed by atoms with E-state index in [1.165, 1.54) is 18.2 Å². The quantitative estimate of drug-likeness (QED) is 0.775. The molecule has 0 saturated heterocycles. The fraction of sp³-hybridized carbons (Fsp3) is 0.571. The summed E-state index contributed by atoms with van der Waals surface area (Å²) in [4.78, 5) is 0.106. The summed E-state index contributed by atoms with van der Waals surface area (Å²) < 4.78 is 40.6. The van der Waals surface area contributed by atoms with Crippen molar-refractivity contribution in [2.75, 3.05) is 6.54 Å². The highest BCUT2D eigenvalue weighted by molar-refractivity contribution is 7.89. The number of hydrogen-bond donors (Lipinski definition) is 2. The van der Waals surface area contributed by atoms with Gasteiger partial charge in [0.2, 0.25) is 10.0 Å². The molecule has 6 heteroatoms. The molecule has 1 rings (SSSR count). The molecule has 0 bridgehead atoms. The van der Waals surface area contributed by atoms with Gasteiger partial charge in [-0.15, -0.1) is 0 Å². The first-order chi connectivity index (χ1) is 9.40. The van der Waals surface area contributed by atoms with E-state index in [-0.39, 0.29) is 10.9 Å². The van der Waals surface area contributed by atoms with E-state index in [2.05, 4.69) is 10.0 Å². The van der Waals surface area contributed by atoms with Crippen LogP contribution in [-0.4, -0.2) is 21.0 Å². The first-order valence-corrected chi connectivity index (χ1v) is 8.40. The van der Waals surface area contributed by atoms with Crippen LogP contribution in [0, 0.1) is 5.82 Å². The average molecular weight is 302 g/mol. The number of nitrogens with one attached hydrogen (secondary N) is 2. The van der Waals surface area contributed by atoms with Crippen LogP contribution >= 0.6 is 0 Å². The average Bonchev–Trinajstić information content (AvgIpc) is 2.37. The van der Waals surface area contributed by atoms with Crippen molar-refractivity contribution in [1.29, 1.82) is 0 Å². The maximum Gasteiger partial charge on any atom is 0.240 e. The summed E-state index contributed by atoms with van der Waals surface area (Å²) in [6.07, 6.45) is 1.67. The largest absolute Gasteiger partial charge is 0.313 e. The number of halogens is 1. The summed E-state index contributed by atoms with van der Waals surface area (Å²) in [7, 11) is -3.59. The Morgan fingerprint density at radius 2 is 2.00 bits per heavy atom. The third kappa shape index (κ3) is 4.85. The van der Waals surface area contributed by atoms with Gasteiger partial charge in [-0.05, 0) is 38.1 Å². The van der Waals surface area contributed by atoms with Crippen molar-refractivity contribution in [3.8, 4) is 0 Å². The molecule has 0 aromatic heterocycles. The van der Waals surface area contributed by atoms with Crippen LogP contribution in [-0.2, 0) is 16.6 Å². The molecule has 1 aromatic carbocycles. The molecule has 0 saturated carbocycles. The Kier molecular flexibility index (Phi) is 6.58. The van der Waals surface area contributed by atoms with Crippen molar-refractivity contribution in [1.82, 2.24) is 10.0 Å². The van der Waals surface area contributed by atoms with Gasteiger partial charge in [0.15, 0.2) is 0 Å². The molecule has 1 aromatic rings. The molecule has 0 aliphatic rings. The molecule has 0 heterocycles. The predicted molar refractivity (Wildman–Crippen MR) is 78.5 cm³/mol. The summed E-state index contributed by atoms with van der Waals surface area (Å²) in [6, 6.07) is 3.75. The Balaban J connectivity index is 2.94. The highest BCUT2D eigenvalue weighted by Crippen LogP contribution is 2.16. The van der Waals surface area contributed by atoms with E-state index < -0.39 is 15.8 Å². The van der Waals surface area contributed by atoms with Gasteiger partial charge in [-0.3, -0.25) is 0 Å². The zero-order valence-corrected chi connectivity index (χ0v) is 13.1. The molecule has 0 aliphatic carbocycles. The van der Waals surface area contributed by atoms with E-state index in [0.717, 1.165) is 12.8 Å². The number of hydrogen-bond acceptors (Lipinski definition) is 3. The Bertz CT molecular complexity index is 532. The Morgan fingerprint density at radius 1 is 1.30 bits per heavy atom. The molecule has 0 aliphatic heterocycles. The lowest BCUT2D eigenvalue weighted by atomic mass is 10.2. The molecule has 114 valence electrons. The Labute approximate surface area is 120 Å². The van der Waals surface area contributed by atoms with Crippen molar-refractivity contribution in [2.45, 2.75) is 51.1 Å². The monoisotopic (exact) mass is 302 g/mol. The smallest absolute Gasteiger partial charge is 0.240 e. The van der Waals surface area contributed by atoms with E-state index >= 15 is 0 Å². The number of rotatable bonds is 8. The molecule has 0 spiro atoms. The molecule has 0 radical (unpaired) electrons. The first kappa shape index (κ1) is 17.1. The fourth-order valence-corrected chi connectivity index (χ4v) is 3.27. The molecule has 2 N–H and O–H groups in total. The fourth-order valence-electron chi connectivity index (χ4n) is 1.94. The zero-order valence-electron chi connectivity index (χ0n) is 12.2. The minimum atomic E-state index is -3.59. The molecule has 0 amide bonds. The van der Waals surface area contributed by atoms with E-state index in [1.807, 2.05) is 20.8 Å². The van der Waals surface area contributed by atoms with Crippen LogP contribution in [0.15, 0.2) is 23.1 Å². The van der Waals surface area contributed by atoms with E-state index in [4.69, 9.17) is 0 Å². The third-order valence-electron chi connectivity index (χ3n) is 2.97. The second-order valence-corrected chi connectivity index (χ2v) is 6.56. The Morgan fingerprint density at radius 3 is 2.60 bits per heavy atom. The standard InChI is InChI=1S/C14H23FN2O2S/c1-4-6-11(3)17-20(18,19)13-7-8-14(15)12(9-13)10-16-5-2/h7-9,11,16-17H,4-6,10H2,1-3H3. The minimum absolute atomic E-state index is 0.106. The van der Waals surface area contributed by atoms with Crippen LogP contribution < -0.4 is 10.0 Å². The number of sulfonamides is 1. The van der Waals surface area contributed by atoms with Gasteiger partial charge < -0.3 is 5.32 Å². The second kappa shape index (κ2) is 7.71. The van der Waals surface area contributed by atoms with E-state index in [1.54, 1.807) is 0 Å². The van der Waals surface area contributed by atoms with Crippen molar-refractivity contribution >= 4 is 10.0 Å². The van der Waals surface area contributed by atoms with Gasteiger partial charge in [0.25, 0.3) is 0 Å². The van der Waals surface area contributed by atoms with Gasteiger partial charge in [0.05, 0.1) is 4.90 Å². The van der Waals surface area contributed by atoms with Gasteiger partial charge >= 0.3 is 0 Å². The van der Waals surface area contributed by atoms with Crippen LogP contribution in [0.25, 0.3) is 0 Å². The van der Waals surface area contributed by atoms with Crippen LogP contribution in [0.3, 0.4) is 0 Å². The lowest BCUT2D eigenvalue weighted by Gasteiger charge is -2.14. The van der Waals surface area contributed by atoms with Crippen LogP contribution in [0.1, 0.15) is 39.2 Å². The summed E-state index contributed by atoms with van der Waals surface area (Å²) in [5, 5.41) is 2.99. The van der Waals surface area contributed by atoms with Gasteiger partial charge in [0, 0.05) is 18.2 Å². The maximum atomic E-state index is 13.6. The normalized spacial score (nSPS) is 13.4. The topological polar surface area (TPSA) is 58.2 Å². The number of benzene rings is 1. The summed E-state index contributed by atoms with van der Waals surface area (Å²) in [5.74, 6) is -0.397. The van der Waals surface area contributed by atoms with E-state index in [0.29, 0.717) is 18.7 Å². The van der Waals surface area contributed by atoms with Crippen LogP contribution in [0.5, 0.6) is 0 Å². The van der Waals surface area contributed by atoms with Crippen molar-refractivity contribution in [3.05, 3.63) is 29.6 Å². The van der Waals surface area contributed by atoms with Crippen molar-refractivity contribution in [2.24, 2.45) is 0 Å². The van der Waals surface area contributed by atoms with E-state index in [9.17, 15) is 12.8 Å². The lowest BCUT2D eigenvalue weighted by molar-refractivity contribution is 0.542.